The molecule has 2 saturated carbocycles. The Kier molecular flexibility index (Phi) is 10.4. The number of fused-ring (bicyclic) bond motifs is 1. The molecule has 2 aromatic rings. The van der Waals surface area contributed by atoms with Crippen LogP contribution in [0.4, 0.5) is 28.0 Å². The topological polar surface area (TPSA) is 154 Å². The molecule has 0 bridgehead atoms. The second-order valence-electron chi connectivity index (χ2n) is 16.3. The van der Waals surface area contributed by atoms with Crippen LogP contribution in [0.2, 0.25) is 5.02 Å². The molecule has 0 spiro atoms. The fourth-order valence-corrected chi connectivity index (χ4v) is 8.88. The maximum atomic E-state index is 14.5. The van der Waals surface area contributed by atoms with Gasteiger partial charge in [0.05, 0.1) is 23.4 Å². The maximum absolute atomic E-state index is 14.5. The number of halogens is 5. The van der Waals surface area contributed by atoms with E-state index in [1.165, 1.54) is 11.8 Å². The van der Waals surface area contributed by atoms with Crippen molar-refractivity contribution in [2.75, 3.05) is 11.9 Å². The molecule has 3 N–H and O–H groups in total. The van der Waals surface area contributed by atoms with E-state index in [4.69, 9.17) is 16.3 Å². The summed E-state index contributed by atoms with van der Waals surface area (Å²) in [6.07, 6.45) is -5.57. The fourth-order valence-electron chi connectivity index (χ4n) is 7.31. The van der Waals surface area contributed by atoms with Crippen LogP contribution >= 0.6 is 11.6 Å². The Bertz CT molecular complexity index is 2020. The molecule has 2 aromatic carbocycles. The summed E-state index contributed by atoms with van der Waals surface area (Å²) in [6, 6.07) is 4.40. The predicted octanol–water partition coefficient (Wildman–Crippen LogP) is 5.73. The van der Waals surface area contributed by atoms with Gasteiger partial charge in [0.25, 0.3) is 5.91 Å². The SMILES string of the molecule is CC[C@@H]1C[C@]1(NC(=O)[C@@H]1C[C@@H](OC(=O)N2Cc3cccc(Cl)c3C2)CN1C(=O)[C@@H](Nc1cc(F)cc(C(F)(F)F)c1)C(C)(C)C)C(=O)NS(=O)(=O)C1(C)CC1. The molecular weight excluding hydrogens is 770 g/mol. The molecule has 18 heteroatoms. The van der Waals surface area contributed by atoms with Crippen molar-refractivity contribution in [3.8, 4) is 0 Å². The van der Waals surface area contributed by atoms with E-state index in [0.29, 0.717) is 36.4 Å². The molecule has 3 fully saturated rings. The highest BCUT2D eigenvalue weighted by molar-refractivity contribution is 7.91. The van der Waals surface area contributed by atoms with Crippen LogP contribution in [0.3, 0.4) is 0 Å². The van der Waals surface area contributed by atoms with Crippen molar-refractivity contribution in [1.29, 1.82) is 0 Å². The minimum Gasteiger partial charge on any atom is -0.444 e. The summed E-state index contributed by atoms with van der Waals surface area (Å²) >= 11 is 6.33. The summed E-state index contributed by atoms with van der Waals surface area (Å²) in [7, 11) is -4.06. The average molecular weight is 814 g/mol. The average Bonchev–Trinajstić information content (AvgIpc) is 3.89. The van der Waals surface area contributed by atoms with Gasteiger partial charge >= 0.3 is 12.3 Å². The molecule has 6 rings (SSSR count). The molecule has 0 radical (unpaired) electrons. The van der Waals surface area contributed by atoms with Crippen molar-refractivity contribution >= 4 is 51.1 Å². The molecule has 4 amide bonds. The van der Waals surface area contributed by atoms with Crippen LogP contribution in [0.25, 0.3) is 0 Å². The first-order valence-corrected chi connectivity index (χ1v) is 19.9. The number of hydrogen-bond acceptors (Lipinski definition) is 8. The highest BCUT2D eigenvalue weighted by Crippen LogP contribution is 2.48. The number of nitrogens with zero attached hydrogens (tertiary/aromatic N) is 2. The van der Waals surface area contributed by atoms with Gasteiger partial charge in [-0.15, -0.1) is 0 Å². The Morgan fingerprint density at radius 3 is 2.35 bits per heavy atom. The summed E-state index contributed by atoms with van der Waals surface area (Å²) in [5.74, 6) is -4.08. The second-order valence-corrected chi connectivity index (χ2v) is 18.9. The fraction of sp³-hybridized carbons (Fsp3) is 0.568. The molecular formula is C37H44ClF4N5O7S. The van der Waals surface area contributed by atoms with E-state index in [1.54, 1.807) is 39.8 Å². The van der Waals surface area contributed by atoms with Gasteiger partial charge in [-0.1, -0.05) is 57.8 Å². The van der Waals surface area contributed by atoms with E-state index < -0.39 is 91.2 Å². The van der Waals surface area contributed by atoms with E-state index in [2.05, 4.69) is 15.4 Å². The molecule has 1 saturated heterocycles. The van der Waals surface area contributed by atoms with Crippen molar-refractivity contribution in [2.45, 2.75) is 114 Å². The number of benzene rings is 2. The lowest BCUT2D eigenvalue weighted by Gasteiger charge is -2.36. The molecule has 0 unspecified atom stereocenters. The highest BCUT2D eigenvalue weighted by Gasteiger charge is 2.63. The number of hydrogen-bond donors (Lipinski definition) is 3. The van der Waals surface area contributed by atoms with Crippen molar-refractivity contribution in [2.24, 2.45) is 11.3 Å². The van der Waals surface area contributed by atoms with E-state index in [-0.39, 0.29) is 38.2 Å². The Morgan fingerprint density at radius 1 is 1.07 bits per heavy atom. The number of alkyl halides is 3. The van der Waals surface area contributed by atoms with Crippen molar-refractivity contribution in [3.63, 3.8) is 0 Å². The largest absolute Gasteiger partial charge is 0.444 e. The molecule has 55 heavy (non-hydrogen) atoms. The molecule has 12 nitrogen and oxygen atoms in total. The molecule has 4 aliphatic rings. The molecule has 2 heterocycles. The monoisotopic (exact) mass is 813 g/mol. The minimum absolute atomic E-state index is 0.137. The Hall–Kier alpha value is -4.12. The first kappa shape index (κ1) is 40.5. The Balaban J connectivity index is 1.27. The molecule has 2 aliphatic heterocycles. The Morgan fingerprint density at radius 2 is 1.76 bits per heavy atom. The summed E-state index contributed by atoms with van der Waals surface area (Å²) in [5.41, 5.74) is -2.65. The normalized spacial score (nSPS) is 24.8. The van der Waals surface area contributed by atoms with Gasteiger partial charge < -0.3 is 20.3 Å². The zero-order valence-electron chi connectivity index (χ0n) is 31.0. The molecule has 0 aromatic heterocycles. The van der Waals surface area contributed by atoms with Crippen molar-refractivity contribution in [1.82, 2.24) is 19.8 Å². The van der Waals surface area contributed by atoms with Gasteiger partial charge in [-0.2, -0.15) is 13.2 Å². The predicted molar refractivity (Wildman–Crippen MR) is 193 cm³/mol. The number of ether oxygens (including phenoxy) is 1. The quantitative estimate of drug-likeness (QED) is 0.257. The number of nitrogens with one attached hydrogen (secondary N) is 3. The van der Waals surface area contributed by atoms with E-state index in [1.807, 2.05) is 6.07 Å². The van der Waals surface area contributed by atoms with Gasteiger partial charge in [-0.25, -0.2) is 17.6 Å². The zero-order chi connectivity index (χ0) is 40.5. The lowest BCUT2D eigenvalue weighted by molar-refractivity contribution is -0.141. The van der Waals surface area contributed by atoms with Crippen LogP contribution in [-0.2, 0) is 48.4 Å². The van der Waals surface area contributed by atoms with Crippen LogP contribution in [0.1, 0.15) is 83.4 Å². The standard InChI is InChI=1S/C37H44ClF4N5O7S/c1-6-21-16-36(21,32(50)45-55(52,53)35(5)10-11-35)44-30(48)28-15-25(54-33(51)46-17-20-8-7-9-27(38)26(20)19-46)18-47(28)31(49)29(34(2,3)4)43-24-13-22(37(40,41)42)12-23(39)14-24/h7-9,12-14,21,25,28-29,43H,6,10-11,15-19H2,1-5H3,(H,44,48)(H,45,50)/t21-,25-,28+,29-,36-/m1/s1. The first-order chi connectivity index (χ1) is 25.5. The van der Waals surface area contributed by atoms with Gasteiger partial charge in [0.15, 0.2) is 0 Å². The third-order valence-electron chi connectivity index (χ3n) is 11.1. The van der Waals surface area contributed by atoms with Gasteiger partial charge in [-0.05, 0) is 72.9 Å². The van der Waals surface area contributed by atoms with E-state index >= 15 is 0 Å². The number of rotatable bonds is 10. The summed E-state index contributed by atoms with van der Waals surface area (Å²) in [5, 5.41) is 5.95. The summed E-state index contributed by atoms with van der Waals surface area (Å²) < 4.78 is 88.1. The summed E-state index contributed by atoms with van der Waals surface area (Å²) in [4.78, 5) is 58.4. The number of carbonyl (C=O) groups excluding carboxylic acids is 4. The van der Waals surface area contributed by atoms with E-state index in [9.17, 15) is 45.2 Å². The van der Waals surface area contributed by atoms with Crippen LogP contribution in [-0.4, -0.2) is 77.1 Å². The Labute approximate surface area is 321 Å². The number of sulfonamides is 1. The number of anilines is 1. The molecule has 2 aliphatic carbocycles. The van der Waals surface area contributed by atoms with E-state index in [0.717, 1.165) is 22.1 Å². The smallest absolute Gasteiger partial charge is 0.416 e. The van der Waals surface area contributed by atoms with Gasteiger partial charge in [-0.3, -0.25) is 24.0 Å². The second kappa shape index (κ2) is 14.1. The highest BCUT2D eigenvalue weighted by atomic mass is 35.5. The summed E-state index contributed by atoms with van der Waals surface area (Å²) in [6.45, 7) is 8.24. The van der Waals surface area contributed by atoms with Crippen molar-refractivity contribution < 1.29 is 49.9 Å². The number of amides is 4. The van der Waals surface area contributed by atoms with Crippen LogP contribution in [0.5, 0.6) is 0 Å². The molecule has 5 atom stereocenters. The van der Waals surface area contributed by atoms with Gasteiger partial charge in [0, 0.05) is 23.7 Å². The lowest BCUT2D eigenvalue weighted by Crippen LogP contribution is -2.59. The van der Waals surface area contributed by atoms with Crippen molar-refractivity contribution in [3.05, 3.63) is 63.9 Å². The van der Waals surface area contributed by atoms with Crippen LogP contribution in [0.15, 0.2) is 36.4 Å². The minimum atomic E-state index is -4.88. The van der Waals surface area contributed by atoms with Crippen LogP contribution < -0.4 is 15.4 Å². The van der Waals surface area contributed by atoms with Crippen LogP contribution in [0, 0.1) is 17.2 Å². The maximum Gasteiger partial charge on any atom is 0.416 e. The molecule has 300 valence electrons. The lowest BCUT2D eigenvalue weighted by atomic mass is 9.85. The van der Waals surface area contributed by atoms with Gasteiger partial charge in [0.2, 0.25) is 21.8 Å². The first-order valence-electron chi connectivity index (χ1n) is 18.0. The third kappa shape index (κ3) is 8.09. The number of carbonyl (C=O) groups is 4. The zero-order valence-corrected chi connectivity index (χ0v) is 32.6. The van der Waals surface area contributed by atoms with Gasteiger partial charge in [0.1, 0.15) is 29.5 Å². The third-order valence-corrected chi connectivity index (χ3v) is 13.6. The number of likely N-dealkylation sites (tertiary alicyclic amines) is 1.